The second-order valence-corrected chi connectivity index (χ2v) is 10.3. The summed E-state index contributed by atoms with van der Waals surface area (Å²) in [4.78, 5) is 40.8. The Labute approximate surface area is 262 Å². The molecule has 5 rings (SSSR count). The molecule has 6 nitrogen and oxygen atoms in total. The minimum atomic E-state index is -1.42. The molecule has 9 heteroatoms. The summed E-state index contributed by atoms with van der Waals surface area (Å²) in [5.74, 6) is -6.78. The van der Waals surface area contributed by atoms with Crippen LogP contribution in [-0.2, 0) is 34.0 Å². The van der Waals surface area contributed by atoms with Crippen molar-refractivity contribution in [2.45, 2.75) is 19.8 Å². The lowest BCUT2D eigenvalue weighted by Gasteiger charge is -2.19. The number of carbonyl (C=O) groups excluding carboxylic acids is 3. The van der Waals surface area contributed by atoms with Crippen molar-refractivity contribution in [2.24, 2.45) is 0 Å². The molecule has 0 heterocycles. The highest BCUT2D eigenvalue weighted by molar-refractivity contribution is 6.30. The standard InChI is InChI=1S/C36H25ClF2O6/c37-27-18-16-26(17-19-27)28-32(38)30(35(41)44-21-24-12-6-2-7-13-24)29(34(40)43-20-23-10-4-1-5-11-23)31(33(28)39)36(42)45-22-25-14-8-3-9-15-25/h1-19H,20-22H2. The summed E-state index contributed by atoms with van der Waals surface area (Å²) in [6.45, 7) is -0.892. The molecule has 0 spiro atoms. The van der Waals surface area contributed by atoms with Crippen LogP contribution in [0.25, 0.3) is 11.1 Å². The van der Waals surface area contributed by atoms with Crippen molar-refractivity contribution in [3.8, 4) is 11.1 Å². The SMILES string of the molecule is O=C(OCc1ccccc1)c1c(F)c(-c2ccc(Cl)cc2)c(F)c(C(=O)OCc2ccccc2)c1C(=O)OCc1ccccc1. The lowest BCUT2D eigenvalue weighted by atomic mass is 9.92. The van der Waals surface area contributed by atoms with Crippen LogP contribution in [0.3, 0.4) is 0 Å². The van der Waals surface area contributed by atoms with E-state index in [2.05, 4.69) is 0 Å². The minimum Gasteiger partial charge on any atom is -0.457 e. The molecule has 0 aliphatic heterocycles. The molecular weight excluding hydrogens is 602 g/mol. The summed E-state index contributed by atoms with van der Waals surface area (Å²) in [7, 11) is 0. The molecule has 0 atom stereocenters. The molecule has 0 aliphatic rings. The molecular formula is C36H25ClF2O6. The zero-order valence-corrected chi connectivity index (χ0v) is 24.4. The van der Waals surface area contributed by atoms with E-state index in [9.17, 15) is 14.4 Å². The largest absolute Gasteiger partial charge is 0.457 e. The third-order valence-electron chi connectivity index (χ3n) is 6.76. The fourth-order valence-electron chi connectivity index (χ4n) is 4.53. The van der Waals surface area contributed by atoms with Gasteiger partial charge < -0.3 is 14.2 Å². The van der Waals surface area contributed by atoms with Crippen molar-refractivity contribution >= 4 is 29.5 Å². The van der Waals surface area contributed by atoms with Gasteiger partial charge in [0.05, 0.1) is 11.1 Å². The van der Waals surface area contributed by atoms with Gasteiger partial charge in [-0.05, 0) is 34.4 Å². The summed E-state index contributed by atoms with van der Waals surface area (Å²) >= 11 is 6.00. The Morgan fingerprint density at radius 2 is 0.822 bits per heavy atom. The van der Waals surface area contributed by atoms with Crippen LogP contribution < -0.4 is 0 Å². The molecule has 0 N–H and O–H groups in total. The highest BCUT2D eigenvalue weighted by Gasteiger charge is 2.37. The van der Waals surface area contributed by atoms with Crippen LogP contribution in [0.1, 0.15) is 47.8 Å². The van der Waals surface area contributed by atoms with Gasteiger partial charge in [-0.3, -0.25) is 0 Å². The van der Waals surface area contributed by atoms with Gasteiger partial charge in [-0.2, -0.15) is 0 Å². The van der Waals surface area contributed by atoms with E-state index in [4.69, 9.17) is 25.8 Å². The molecule has 0 saturated heterocycles. The van der Waals surface area contributed by atoms with Crippen LogP contribution in [0.4, 0.5) is 8.78 Å². The monoisotopic (exact) mass is 626 g/mol. The van der Waals surface area contributed by atoms with Crippen molar-refractivity contribution < 1.29 is 37.4 Å². The predicted molar refractivity (Wildman–Crippen MR) is 163 cm³/mol. The fourth-order valence-corrected chi connectivity index (χ4v) is 4.66. The first-order valence-electron chi connectivity index (χ1n) is 13.8. The molecule has 0 radical (unpaired) electrons. The molecule has 5 aromatic rings. The van der Waals surface area contributed by atoms with Crippen LogP contribution >= 0.6 is 11.6 Å². The molecule has 0 unspecified atom stereocenters. The van der Waals surface area contributed by atoms with E-state index < -0.39 is 51.8 Å². The van der Waals surface area contributed by atoms with Crippen LogP contribution in [0.15, 0.2) is 115 Å². The third-order valence-corrected chi connectivity index (χ3v) is 7.01. The zero-order valence-electron chi connectivity index (χ0n) is 23.7. The number of halogens is 3. The van der Waals surface area contributed by atoms with Crippen molar-refractivity contribution in [3.05, 3.63) is 165 Å². The van der Waals surface area contributed by atoms with Gasteiger partial charge in [0.1, 0.15) is 42.6 Å². The molecule has 5 aromatic carbocycles. The van der Waals surface area contributed by atoms with E-state index in [1.54, 1.807) is 91.0 Å². The van der Waals surface area contributed by atoms with E-state index in [0.717, 1.165) is 0 Å². The first-order valence-corrected chi connectivity index (χ1v) is 14.1. The van der Waals surface area contributed by atoms with Crippen LogP contribution in [0, 0.1) is 11.6 Å². The average Bonchev–Trinajstić information content (AvgIpc) is 3.07. The smallest absolute Gasteiger partial charge is 0.342 e. The lowest BCUT2D eigenvalue weighted by molar-refractivity contribution is 0.0398. The number of ether oxygens (including phenoxy) is 3. The van der Waals surface area contributed by atoms with Crippen molar-refractivity contribution in [3.63, 3.8) is 0 Å². The van der Waals surface area contributed by atoms with Gasteiger partial charge in [0.25, 0.3) is 0 Å². The number of hydrogen-bond acceptors (Lipinski definition) is 6. The van der Waals surface area contributed by atoms with Gasteiger partial charge in [0.2, 0.25) is 0 Å². The number of rotatable bonds is 10. The lowest BCUT2D eigenvalue weighted by Crippen LogP contribution is -2.24. The molecule has 0 bridgehead atoms. The topological polar surface area (TPSA) is 78.9 Å². The summed E-state index contributed by atoms with van der Waals surface area (Å²) < 4.78 is 49.0. The molecule has 0 aromatic heterocycles. The maximum Gasteiger partial charge on any atom is 0.342 e. The molecule has 226 valence electrons. The Hall–Kier alpha value is -5.34. The van der Waals surface area contributed by atoms with Crippen molar-refractivity contribution in [2.75, 3.05) is 0 Å². The van der Waals surface area contributed by atoms with Gasteiger partial charge in [0.15, 0.2) is 0 Å². The van der Waals surface area contributed by atoms with Gasteiger partial charge in [-0.15, -0.1) is 0 Å². The highest BCUT2D eigenvalue weighted by atomic mass is 35.5. The Morgan fingerprint density at radius 1 is 0.489 bits per heavy atom. The van der Waals surface area contributed by atoms with Crippen LogP contribution in [0.2, 0.25) is 5.02 Å². The Kier molecular flexibility index (Phi) is 9.97. The van der Waals surface area contributed by atoms with E-state index in [-0.39, 0.29) is 30.4 Å². The highest BCUT2D eigenvalue weighted by Crippen LogP contribution is 2.36. The van der Waals surface area contributed by atoms with Gasteiger partial charge in [-0.25, -0.2) is 23.2 Å². The maximum absolute atomic E-state index is 16.4. The minimum absolute atomic E-state index is 0.0483. The fraction of sp³-hybridized carbons (Fsp3) is 0.0833. The van der Waals surface area contributed by atoms with Crippen LogP contribution in [0.5, 0.6) is 0 Å². The van der Waals surface area contributed by atoms with Crippen molar-refractivity contribution in [1.29, 1.82) is 0 Å². The van der Waals surface area contributed by atoms with Gasteiger partial charge in [0, 0.05) is 5.02 Å². The predicted octanol–water partition coefficient (Wildman–Crippen LogP) is 8.36. The number of benzene rings is 5. The number of hydrogen-bond donors (Lipinski definition) is 0. The molecule has 0 amide bonds. The Bertz CT molecular complexity index is 1730. The normalized spacial score (nSPS) is 10.6. The molecule has 0 saturated carbocycles. The summed E-state index contributed by atoms with van der Waals surface area (Å²) in [5.41, 5.74) is -1.98. The molecule has 0 fully saturated rings. The summed E-state index contributed by atoms with van der Waals surface area (Å²) in [6.07, 6.45) is 0. The summed E-state index contributed by atoms with van der Waals surface area (Å²) in [5, 5.41) is 0.283. The molecule has 0 aliphatic carbocycles. The zero-order chi connectivity index (χ0) is 31.8. The number of esters is 3. The van der Waals surface area contributed by atoms with Gasteiger partial charge >= 0.3 is 17.9 Å². The first-order chi connectivity index (χ1) is 21.8. The number of carbonyl (C=O) groups is 3. The van der Waals surface area contributed by atoms with E-state index in [0.29, 0.717) is 16.7 Å². The van der Waals surface area contributed by atoms with Gasteiger partial charge in [-0.1, -0.05) is 115 Å². The maximum atomic E-state index is 16.4. The first kappa shape index (κ1) is 31.1. The van der Waals surface area contributed by atoms with Crippen LogP contribution in [-0.4, -0.2) is 17.9 Å². The molecule has 45 heavy (non-hydrogen) atoms. The van der Waals surface area contributed by atoms with E-state index >= 15 is 8.78 Å². The summed E-state index contributed by atoms with van der Waals surface area (Å²) in [6, 6.07) is 31.0. The quantitative estimate of drug-likeness (QED) is 0.114. The Balaban J connectivity index is 1.65. The van der Waals surface area contributed by atoms with Crippen molar-refractivity contribution in [1.82, 2.24) is 0 Å². The average molecular weight is 627 g/mol. The second kappa shape index (κ2) is 14.4. The third kappa shape index (κ3) is 7.42. The Morgan fingerprint density at radius 3 is 1.18 bits per heavy atom. The van der Waals surface area contributed by atoms with E-state index in [1.165, 1.54) is 24.3 Å². The second-order valence-electron chi connectivity index (χ2n) is 9.82. The van der Waals surface area contributed by atoms with E-state index in [1.807, 2.05) is 0 Å².